The number of rotatable bonds is 3. The predicted octanol–water partition coefficient (Wildman–Crippen LogP) is -1.41. The average molecular weight is 166 g/mol. The van der Waals surface area contributed by atoms with E-state index in [0.717, 1.165) is 0 Å². The number of hydrogen-bond donors (Lipinski definition) is 4. The summed E-state index contributed by atoms with van der Waals surface area (Å²) in [5, 5.41) is 8.73. The Bertz CT molecular complexity index is 122. The molecule has 0 aliphatic heterocycles. The van der Waals surface area contributed by atoms with Crippen molar-refractivity contribution in [3.05, 3.63) is 0 Å². The molecule has 0 rings (SSSR count). The summed E-state index contributed by atoms with van der Waals surface area (Å²) < 4.78 is 0. The molecule has 0 aromatic rings. The molecular weight excluding hydrogens is 156 g/mol. The molecule has 0 aliphatic rings. The number of nitrogens with two attached hydrogens (primary N) is 1. The van der Waals surface area contributed by atoms with Crippen LogP contribution < -0.4 is 11.2 Å². The standard InChI is InChI=1S/C4H10N2O3S/c1-4(5,8)6-9-3(7)2-10/h6,8,10H,2,5H2,1H3. The van der Waals surface area contributed by atoms with E-state index in [0.29, 0.717) is 0 Å². The lowest BCUT2D eigenvalue weighted by molar-refractivity contribution is -0.166. The lowest BCUT2D eigenvalue weighted by Crippen LogP contribution is -2.51. The lowest BCUT2D eigenvalue weighted by Gasteiger charge is -2.17. The maximum Gasteiger partial charge on any atom is 0.334 e. The van der Waals surface area contributed by atoms with E-state index in [1.54, 1.807) is 0 Å². The normalized spacial score (nSPS) is 16.0. The number of carbonyl (C=O) groups excluding carboxylic acids is 1. The van der Waals surface area contributed by atoms with Gasteiger partial charge in [-0.3, -0.25) is 5.73 Å². The molecular formula is C4H10N2O3S. The Balaban J connectivity index is 3.46. The highest BCUT2D eigenvalue weighted by Gasteiger charge is 2.13. The third kappa shape index (κ3) is 5.83. The zero-order valence-corrected chi connectivity index (χ0v) is 6.39. The van der Waals surface area contributed by atoms with Crippen LogP contribution in [0.2, 0.25) is 0 Å². The van der Waals surface area contributed by atoms with Crippen molar-refractivity contribution in [2.75, 3.05) is 5.75 Å². The van der Waals surface area contributed by atoms with Crippen LogP contribution in [0.25, 0.3) is 0 Å². The Morgan fingerprint density at radius 3 is 2.80 bits per heavy atom. The summed E-state index contributed by atoms with van der Waals surface area (Å²) in [5.74, 6) is -2.36. The minimum absolute atomic E-state index is 0.0664. The van der Waals surface area contributed by atoms with Gasteiger partial charge < -0.3 is 9.94 Å². The molecule has 0 radical (unpaired) electrons. The van der Waals surface area contributed by atoms with E-state index in [-0.39, 0.29) is 5.75 Å². The minimum atomic E-state index is -1.70. The fourth-order valence-corrected chi connectivity index (χ4v) is 0.257. The highest BCUT2D eigenvalue weighted by atomic mass is 32.1. The first-order valence-electron chi connectivity index (χ1n) is 2.54. The summed E-state index contributed by atoms with van der Waals surface area (Å²) in [7, 11) is 0. The van der Waals surface area contributed by atoms with Gasteiger partial charge in [-0.15, -0.1) is 5.48 Å². The summed E-state index contributed by atoms with van der Waals surface area (Å²) in [6.45, 7) is 1.23. The Labute approximate surface area is 63.9 Å². The molecule has 0 bridgehead atoms. The molecule has 0 aromatic carbocycles. The van der Waals surface area contributed by atoms with Gasteiger partial charge in [-0.1, -0.05) is 0 Å². The highest BCUT2D eigenvalue weighted by Crippen LogP contribution is 1.86. The van der Waals surface area contributed by atoms with Crippen molar-refractivity contribution in [2.24, 2.45) is 5.73 Å². The largest absolute Gasteiger partial charge is 0.366 e. The van der Waals surface area contributed by atoms with Crippen LogP contribution >= 0.6 is 12.6 Å². The van der Waals surface area contributed by atoms with Crippen molar-refractivity contribution < 1.29 is 14.7 Å². The van der Waals surface area contributed by atoms with Crippen molar-refractivity contribution in [3.63, 3.8) is 0 Å². The van der Waals surface area contributed by atoms with Crippen LogP contribution in [0.1, 0.15) is 6.92 Å². The summed E-state index contributed by atoms with van der Waals surface area (Å²) in [6, 6.07) is 0. The molecule has 5 nitrogen and oxygen atoms in total. The van der Waals surface area contributed by atoms with Gasteiger partial charge in [-0.05, 0) is 6.92 Å². The maximum absolute atomic E-state index is 10.3. The number of aliphatic hydroxyl groups is 1. The number of hydroxylamine groups is 1. The third-order valence-corrected chi connectivity index (χ3v) is 0.759. The smallest absolute Gasteiger partial charge is 0.334 e. The van der Waals surface area contributed by atoms with E-state index >= 15 is 0 Å². The zero-order chi connectivity index (χ0) is 8.20. The first kappa shape index (κ1) is 9.70. The van der Waals surface area contributed by atoms with Gasteiger partial charge in [0.25, 0.3) is 0 Å². The SMILES string of the molecule is CC(N)(O)NOC(=O)CS. The molecule has 4 N–H and O–H groups in total. The van der Waals surface area contributed by atoms with Crippen LogP contribution in [0, 0.1) is 0 Å². The van der Waals surface area contributed by atoms with E-state index in [9.17, 15) is 4.79 Å². The van der Waals surface area contributed by atoms with Gasteiger partial charge in [0.1, 0.15) is 0 Å². The van der Waals surface area contributed by atoms with Gasteiger partial charge in [0.2, 0.25) is 0 Å². The van der Waals surface area contributed by atoms with Crippen LogP contribution in [-0.4, -0.2) is 22.7 Å². The molecule has 1 unspecified atom stereocenters. The molecule has 0 heterocycles. The van der Waals surface area contributed by atoms with Crippen LogP contribution in [0.4, 0.5) is 0 Å². The minimum Gasteiger partial charge on any atom is -0.366 e. The van der Waals surface area contributed by atoms with E-state index < -0.39 is 11.8 Å². The van der Waals surface area contributed by atoms with Crippen molar-refractivity contribution >= 4 is 18.6 Å². The van der Waals surface area contributed by atoms with Crippen LogP contribution in [0.5, 0.6) is 0 Å². The molecule has 0 amide bonds. The van der Waals surface area contributed by atoms with Gasteiger partial charge in [0.05, 0.1) is 5.75 Å². The second-order valence-corrected chi connectivity index (χ2v) is 2.20. The Morgan fingerprint density at radius 1 is 2.00 bits per heavy atom. The Kier molecular flexibility index (Phi) is 3.66. The van der Waals surface area contributed by atoms with Gasteiger partial charge in [-0.25, -0.2) is 4.79 Å². The summed E-state index contributed by atoms with van der Waals surface area (Å²) >= 11 is 3.61. The van der Waals surface area contributed by atoms with E-state index in [1.165, 1.54) is 6.92 Å². The first-order valence-corrected chi connectivity index (χ1v) is 3.18. The van der Waals surface area contributed by atoms with Gasteiger partial charge in [0, 0.05) is 0 Å². The molecule has 0 aliphatic carbocycles. The van der Waals surface area contributed by atoms with Crippen molar-refractivity contribution in [2.45, 2.75) is 12.8 Å². The number of thiol groups is 1. The van der Waals surface area contributed by atoms with Crippen LogP contribution in [0.3, 0.4) is 0 Å². The van der Waals surface area contributed by atoms with Crippen molar-refractivity contribution in [1.82, 2.24) is 5.48 Å². The van der Waals surface area contributed by atoms with Crippen molar-refractivity contribution in [3.8, 4) is 0 Å². The topological polar surface area (TPSA) is 84.6 Å². The second-order valence-electron chi connectivity index (χ2n) is 1.88. The molecule has 0 saturated carbocycles. The Hall–Kier alpha value is -0.300. The number of hydrogen-bond acceptors (Lipinski definition) is 6. The zero-order valence-electron chi connectivity index (χ0n) is 5.50. The summed E-state index contributed by atoms with van der Waals surface area (Å²) in [4.78, 5) is 14.5. The molecule has 10 heavy (non-hydrogen) atoms. The maximum atomic E-state index is 10.3. The average Bonchev–Trinajstić information content (AvgIpc) is 1.81. The predicted molar refractivity (Wildman–Crippen MR) is 37.9 cm³/mol. The van der Waals surface area contributed by atoms with E-state index in [4.69, 9.17) is 10.8 Å². The first-order chi connectivity index (χ1) is 4.45. The van der Waals surface area contributed by atoms with Gasteiger partial charge in [0.15, 0.2) is 5.85 Å². The molecule has 0 spiro atoms. The third-order valence-electron chi connectivity index (χ3n) is 0.501. The fraction of sp³-hybridized carbons (Fsp3) is 0.750. The van der Waals surface area contributed by atoms with Crippen LogP contribution in [-0.2, 0) is 9.63 Å². The lowest BCUT2D eigenvalue weighted by atomic mass is 10.5. The summed E-state index contributed by atoms with van der Waals surface area (Å²) in [6.07, 6.45) is 0. The number of carbonyl (C=O) groups is 1. The molecule has 1 atom stereocenters. The van der Waals surface area contributed by atoms with E-state index in [2.05, 4.69) is 17.5 Å². The van der Waals surface area contributed by atoms with Crippen molar-refractivity contribution in [1.29, 1.82) is 0 Å². The summed E-state index contributed by atoms with van der Waals surface area (Å²) in [5.41, 5.74) is 6.89. The van der Waals surface area contributed by atoms with E-state index in [1.807, 2.05) is 5.48 Å². The van der Waals surface area contributed by atoms with Gasteiger partial charge >= 0.3 is 5.97 Å². The van der Waals surface area contributed by atoms with Crippen LogP contribution in [0.15, 0.2) is 0 Å². The molecule has 0 saturated heterocycles. The fourth-order valence-electron chi connectivity index (χ4n) is 0.193. The second kappa shape index (κ2) is 3.77. The molecule has 0 aromatic heterocycles. The Morgan fingerprint density at radius 2 is 2.50 bits per heavy atom. The quantitative estimate of drug-likeness (QED) is 0.235. The van der Waals surface area contributed by atoms with Gasteiger partial charge in [-0.2, -0.15) is 12.6 Å². The molecule has 6 heteroatoms. The monoisotopic (exact) mass is 166 g/mol. The molecule has 0 fully saturated rings. The highest BCUT2D eigenvalue weighted by molar-refractivity contribution is 7.81. The number of nitrogens with one attached hydrogen (secondary N) is 1. The molecule has 60 valence electrons.